The number of hydrogen-bond acceptors (Lipinski definition) is 2. The first-order chi connectivity index (χ1) is 11.9. The van der Waals surface area contributed by atoms with E-state index >= 15 is 0 Å². The van der Waals surface area contributed by atoms with Crippen molar-refractivity contribution in [2.75, 3.05) is 11.6 Å². The molecule has 0 radical (unpaired) electrons. The van der Waals surface area contributed by atoms with E-state index in [1.54, 1.807) is 0 Å². The third-order valence-electron chi connectivity index (χ3n) is 4.10. The van der Waals surface area contributed by atoms with Crippen LogP contribution in [-0.4, -0.2) is 12.6 Å². The second-order valence-corrected chi connectivity index (χ2v) is 5.76. The van der Waals surface area contributed by atoms with Crippen molar-refractivity contribution in [3.05, 3.63) is 91.0 Å². The Morgan fingerprint density at radius 3 is 2.00 bits per heavy atom. The number of hydrogen-bond donors (Lipinski definition) is 2. The van der Waals surface area contributed by atoms with Crippen LogP contribution in [0, 0.1) is 0 Å². The molecule has 1 aliphatic heterocycles. The number of nitrogens with one attached hydrogen (secondary N) is 1. The predicted octanol–water partition coefficient (Wildman–Crippen LogP) is 1.85. The Hall–Kier alpha value is -2.95. The smallest absolute Gasteiger partial charge is 0.245 e. The molecule has 1 heterocycles. The number of anilines is 1. The summed E-state index contributed by atoms with van der Waals surface area (Å²) in [4.78, 5) is 2.26. The van der Waals surface area contributed by atoms with Crippen molar-refractivity contribution in [2.45, 2.75) is 0 Å². The van der Waals surface area contributed by atoms with Crippen LogP contribution in [0.4, 0.5) is 17.1 Å². The van der Waals surface area contributed by atoms with E-state index in [9.17, 15) is 0 Å². The fourth-order valence-electron chi connectivity index (χ4n) is 2.89. The molecule has 0 bridgehead atoms. The van der Waals surface area contributed by atoms with Gasteiger partial charge in [-0.15, -0.1) is 0 Å². The number of para-hydroxylation sites is 3. The molecule has 4 rings (SSSR count). The standard InChI is InChI=1S/C20H18N4/c1-4-10-17(11-5-1)21-20-22-24(19-14-8-3-9-15-19)16-23(20)18-12-6-2-7-13-18/h1-15H,16H2,(H,21,22)/p+2. The number of benzene rings is 3. The monoisotopic (exact) mass is 316 g/mol. The fourth-order valence-corrected chi connectivity index (χ4v) is 2.89. The van der Waals surface area contributed by atoms with Crippen molar-refractivity contribution >= 4 is 23.0 Å². The Labute approximate surface area is 141 Å². The third kappa shape index (κ3) is 3.06. The Kier molecular flexibility index (Phi) is 4.06. The van der Waals surface area contributed by atoms with Gasteiger partial charge in [-0.25, -0.2) is 10.2 Å². The number of nitrogens with two attached hydrogens (primary N) is 1. The van der Waals surface area contributed by atoms with Crippen LogP contribution < -0.4 is 15.2 Å². The summed E-state index contributed by atoms with van der Waals surface area (Å²) in [6.45, 7) is 0.784. The van der Waals surface area contributed by atoms with E-state index in [1.807, 2.05) is 18.2 Å². The lowest BCUT2D eigenvalue weighted by Crippen LogP contribution is -3.02. The third-order valence-corrected chi connectivity index (χ3v) is 4.10. The molecule has 0 saturated heterocycles. The SMILES string of the molecule is c1ccc([NH2+]C2=N[NH+](c3ccccc3)CN2c2ccccc2)cc1. The Balaban J connectivity index is 1.67. The summed E-state index contributed by atoms with van der Waals surface area (Å²) in [7, 11) is 0. The molecular weight excluding hydrogens is 296 g/mol. The van der Waals surface area contributed by atoms with Crippen LogP contribution in [-0.2, 0) is 0 Å². The molecule has 3 aromatic rings. The average Bonchev–Trinajstić information content (AvgIpc) is 3.08. The molecule has 24 heavy (non-hydrogen) atoms. The maximum absolute atomic E-state index is 4.92. The minimum Gasteiger partial charge on any atom is -0.245 e. The van der Waals surface area contributed by atoms with Gasteiger partial charge in [-0.2, -0.15) is 5.01 Å². The van der Waals surface area contributed by atoms with Crippen molar-refractivity contribution in [1.29, 1.82) is 0 Å². The van der Waals surface area contributed by atoms with Crippen LogP contribution in [0.1, 0.15) is 0 Å². The fraction of sp³-hybridized carbons (Fsp3) is 0.0500. The Bertz CT molecular complexity index is 816. The molecule has 0 aliphatic carbocycles. The largest absolute Gasteiger partial charge is 0.363 e. The first-order valence-corrected chi connectivity index (χ1v) is 8.12. The summed E-state index contributed by atoms with van der Waals surface area (Å²) in [6, 6.07) is 31.2. The number of rotatable bonds is 3. The summed E-state index contributed by atoms with van der Waals surface area (Å²) < 4.78 is 0. The molecule has 3 N–H and O–H groups in total. The molecule has 0 saturated carbocycles. The van der Waals surface area contributed by atoms with Crippen LogP contribution in [0.25, 0.3) is 0 Å². The van der Waals surface area contributed by atoms with E-state index < -0.39 is 0 Å². The van der Waals surface area contributed by atoms with E-state index in [0.717, 1.165) is 29.0 Å². The second-order valence-electron chi connectivity index (χ2n) is 5.76. The van der Waals surface area contributed by atoms with E-state index in [0.29, 0.717) is 0 Å². The zero-order valence-electron chi connectivity index (χ0n) is 13.3. The van der Waals surface area contributed by atoms with Crippen molar-refractivity contribution < 1.29 is 10.3 Å². The summed E-state index contributed by atoms with van der Waals surface area (Å²) in [5.41, 5.74) is 3.50. The number of guanidine groups is 1. The average molecular weight is 316 g/mol. The van der Waals surface area contributed by atoms with Crippen LogP contribution in [0.15, 0.2) is 96.1 Å². The summed E-state index contributed by atoms with van der Waals surface area (Å²) in [5, 5.41) is 8.16. The lowest BCUT2D eigenvalue weighted by molar-refractivity contribution is -0.833. The van der Waals surface area contributed by atoms with Crippen molar-refractivity contribution in [2.24, 2.45) is 5.10 Å². The van der Waals surface area contributed by atoms with E-state index in [2.05, 4.69) is 83.0 Å². The van der Waals surface area contributed by atoms with Gasteiger partial charge in [0.2, 0.25) is 0 Å². The highest BCUT2D eigenvalue weighted by Gasteiger charge is 2.33. The summed E-state index contributed by atoms with van der Waals surface area (Å²) in [6.07, 6.45) is 0. The van der Waals surface area contributed by atoms with Gasteiger partial charge in [0, 0.05) is 17.2 Å². The molecule has 4 heteroatoms. The van der Waals surface area contributed by atoms with Crippen molar-refractivity contribution in [1.82, 2.24) is 0 Å². The van der Waals surface area contributed by atoms with E-state index in [4.69, 9.17) is 5.10 Å². The molecule has 0 spiro atoms. The van der Waals surface area contributed by atoms with E-state index in [1.165, 1.54) is 5.69 Å². The molecule has 1 aliphatic rings. The van der Waals surface area contributed by atoms with Gasteiger partial charge in [-0.05, 0) is 24.3 Å². The highest BCUT2D eigenvalue weighted by atomic mass is 15.6. The number of nitrogens with zero attached hydrogens (tertiary/aromatic N) is 2. The van der Waals surface area contributed by atoms with Gasteiger partial charge >= 0.3 is 5.96 Å². The van der Waals surface area contributed by atoms with Crippen molar-refractivity contribution in [3.8, 4) is 0 Å². The minimum absolute atomic E-state index is 0.784. The van der Waals surface area contributed by atoms with E-state index in [-0.39, 0.29) is 0 Å². The predicted molar refractivity (Wildman–Crippen MR) is 96.3 cm³/mol. The maximum Gasteiger partial charge on any atom is 0.363 e. The summed E-state index contributed by atoms with van der Waals surface area (Å²) >= 11 is 0. The van der Waals surface area contributed by atoms with Crippen LogP contribution in [0.3, 0.4) is 0 Å². The zero-order valence-corrected chi connectivity index (χ0v) is 13.3. The Morgan fingerprint density at radius 1 is 0.750 bits per heavy atom. The van der Waals surface area contributed by atoms with Crippen LogP contribution >= 0.6 is 0 Å². The molecule has 0 aromatic heterocycles. The molecule has 0 fully saturated rings. The van der Waals surface area contributed by atoms with Gasteiger partial charge in [0.15, 0.2) is 12.4 Å². The molecule has 118 valence electrons. The lowest BCUT2D eigenvalue weighted by atomic mass is 10.3. The molecule has 4 nitrogen and oxygen atoms in total. The minimum atomic E-state index is 0.784. The first kappa shape index (κ1) is 14.6. The van der Waals surface area contributed by atoms with Crippen LogP contribution in [0.2, 0.25) is 0 Å². The maximum atomic E-state index is 4.92. The molecule has 0 amide bonds. The molecule has 1 unspecified atom stereocenters. The zero-order chi connectivity index (χ0) is 16.2. The second kappa shape index (κ2) is 6.66. The van der Waals surface area contributed by atoms with Crippen LogP contribution in [0.5, 0.6) is 0 Å². The molecule has 3 aromatic carbocycles. The summed E-state index contributed by atoms with van der Waals surface area (Å²) in [5.74, 6) is 0.978. The first-order valence-electron chi connectivity index (χ1n) is 8.12. The van der Waals surface area contributed by atoms with Gasteiger partial charge in [0.1, 0.15) is 5.69 Å². The quantitative estimate of drug-likeness (QED) is 0.711. The topological polar surface area (TPSA) is 36.6 Å². The molecular formula is C20H20N4+2. The highest BCUT2D eigenvalue weighted by molar-refractivity contribution is 5.90. The Morgan fingerprint density at radius 2 is 1.33 bits per heavy atom. The van der Waals surface area contributed by atoms with Gasteiger partial charge in [0.25, 0.3) is 0 Å². The van der Waals surface area contributed by atoms with Crippen molar-refractivity contribution in [3.63, 3.8) is 0 Å². The van der Waals surface area contributed by atoms with Gasteiger partial charge in [-0.3, -0.25) is 0 Å². The molecule has 1 atom stereocenters. The normalized spacial score (nSPS) is 16.9. The highest BCUT2D eigenvalue weighted by Crippen LogP contribution is 2.14. The van der Waals surface area contributed by atoms with Gasteiger partial charge in [-0.1, -0.05) is 54.6 Å². The van der Waals surface area contributed by atoms with Gasteiger partial charge in [0.05, 0.1) is 5.69 Å². The lowest BCUT2D eigenvalue weighted by Gasteiger charge is -2.15. The van der Waals surface area contributed by atoms with Gasteiger partial charge < -0.3 is 0 Å². The number of quaternary nitrogens is 2.